The van der Waals surface area contributed by atoms with Gasteiger partial charge in [-0.25, -0.2) is 8.78 Å². The molecule has 3 fully saturated rings. The van der Waals surface area contributed by atoms with Gasteiger partial charge in [-0.1, -0.05) is 23.2 Å². The standard InChI is InChI=1S/C27H30Cl2F2N2O5/c1-25(2,3)38-24(35)12-33(8-9-36-17-4-6-19(28)21(30)10-17)27-14-26(15-27,16-27)32-23(34)13-37-18-5-7-20(29)22(31)11-18/h4-7,10-11H,8-9,12-16H2,1-3H3,(H,32,34). The second-order valence-electron chi connectivity index (χ2n) is 10.9. The lowest BCUT2D eigenvalue weighted by Crippen LogP contribution is -2.84. The third kappa shape index (κ3) is 6.68. The van der Waals surface area contributed by atoms with E-state index in [0.29, 0.717) is 31.6 Å². The minimum absolute atomic E-state index is 0.0100. The number of hydrogen-bond donors (Lipinski definition) is 1. The number of benzene rings is 2. The van der Waals surface area contributed by atoms with E-state index in [1.54, 1.807) is 26.8 Å². The molecule has 11 heteroatoms. The molecular formula is C27H30Cl2F2N2O5. The predicted octanol–water partition coefficient (Wildman–Crippen LogP) is 5.16. The maximum atomic E-state index is 13.7. The van der Waals surface area contributed by atoms with Crippen molar-refractivity contribution in [1.82, 2.24) is 10.2 Å². The lowest BCUT2D eigenvalue weighted by Gasteiger charge is -2.73. The summed E-state index contributed by atoms with van der Waals surface area (Å²) in [6, 6.07) is 8.19. The molecule has 2 aromatic rings. The van der Waals surface area contributed by atoms with Crippen LogP contribution in [0.3, 0.4) is 0 Å². The van der Waals surface area contributed by atoms with Crippen LogP contribution in [0, 0.1) is 11.6 Å². The van der Waals surface area contributed by atoms with Crippen LogP contribution >= 0.6 is 23.2 Å². The van der Waals surface area contributed by atoms with E-state index in [4.69, 9.17) is 37.4 Å². The molecule has 5 rings (SSSR count). The van der Waals surface area contributed by atoms with Gasteiger partial charge in [0.25, 0.3) is 5.91 Å². The Morgan fingerprint density at radius 1 is 0.974 bits per heavy atom. The smallest absolute Gasteiger partial charge is 0.320 e. The summed E-state index contributed by atoms with van der Waals surface area (Å²) in [7, 11) is 0. The molecule has 1 amide bonds. The van der Waals surface area contributed by atoms with E-state index in [0.717, 1.165) is 6.07 Å². The van der Waals surface area contributed by atoms with Crippen LogP contribution in [0.1, 0.15) is 40.0 Å². The zero-order valence-electron chi connectivity index (χ0n) is 21.4. The molecule has 3 saturated carbocycles. The summed E-state index contributed by atoms with van der Waals surface area (Å²) in [6.45, 7) is 5.83. The lowest BCUT2D eigenvalue weighted by atomic mass is 9.43. The van der Waals surface area contributed by atoms with E-state index in [-0.39, 0.29) is 58.5 Å². The van der Waals surface area contributed by atoms with Crippen LogP contribution in [0.15, 0.2) is 36.4 Å². The molecule has 3 aliphatic carbocycles. The number of ether oxygens (including phenoxy) is 3. The van der Waals surface area contributed by atoms with Gasteiger partial charge in [-0.2, -0.15) is 0 Å². The number of halogens is 4. The van der Waals surface area contributed by atoms with Gasteiger partial charge in [0.15, 0.2) is 6.61 Å². The Bertz CT molecular complexity index is 1200. The lowest BCUT2D eigenvalue weighted by molar-refractivity contribution is -0.195. The molecule has 0 aromatic heterocycles. The average Bonchev–Trinajstić information content (AvgIpc) is 2.76. The Morgan fingerprint density at radius 2 is 1.53 bits per heavy atom. The fraction of sp³-hybridized carbons (Fsp3) is 0.481. The molecule has 0 atom stereocenters. The van der Waals surface area contributed by atoms with Crippen LogP contribution in [0.5, 0.6) is 11.5 Å². The van der Waals surface area contributed by atoms with Crippen LogP contribution in [0.25, 0.3) is 0 Å². The molecule has 0 heterocycles. The molecule has 0 aliphatic heterocycles. The zero-order valence-corrected chi connectivity index (χ0v) is 22.9. The second-order valence-corrected chi connectivity index (χ2v) is 11.7. The van der Waals surface area contributed by atoms with E-state index in [2.05, 4.69) is 5.32 Å². The SMILES string of the molecule is CC(C)(C)OC(=O)CN(CCOc1ccc(Cl)c(F)c1)C12CC(NC(=O)COc3ccc(Cl)c(F)c3)(C1)C2. The minimum Gasteiger partial charge on any atom is -0.492 e. The third-order valence-electron chi connectivity index (χ3n) is 6.60. The van der Waals surface area contributed by atoms with Crippen molar-refractivity contribution in [3.63, 3.8) is 0 Å². The Labute approximate surface area is 230 Å². The fourth-order valence-electron chi connectivity index (χ4n) is 5.10. The van der Waals surface area contributed by atoms with Crippen LogP contribution < -0.4 is 14.8 Å². The summed E-state index contributed by atoms with van der Waals surface area (Å²) < 4.78 is 43.9. The van der Waals surface area contributed by atoms with Crippen molar-refractivity contribution in [3.05, 3.63) is 58.1 Å². The predicted molar refractivity (Wildman–Crippen MR) is 139 cm³/mol. The van der Waals surface area contributed by atoms with Crippen molar-refractivity contribution in [2.24, 2.45) is 0 Å². The molecule has 3 aliphatic rings. The number of rotatable bonds is 11. The highest BCUT2D eigenvalue weighted by Gasteiger charge is 2.70. The molecule has 0 saturated heterocycles. The Balaban J connectivity index is 1.31. The number of nitrogens with one attached hydrogen (secondary N) is 1. The van der Waals surface area contributed by atoms with Crippen molar-refractivity contribution >= 4 is 35.1 Å². The Morgan fingerprint density at radius 3 is 2.05 bits per heavy atom. The second kappa shape index (κ2) is 10.9. The van der Waals surface area contributed by atoms with Gasteiger partial charge in [0, 0.05) is 29.8 Å². The summed E-state index contributed by atoms with van der Waals surface area (Å²) in [5.41, 5.74) is -1.28. The van der Waals surface area contributed by atoms with Gasteiger partial charge in [0.05, 0.1) is 16.6 Å². The van der Waals surface area contributed by atoms with Gasteiger partial charge >= 0.3 is 5.97 Å². The quantitative estimate of drug-likeness (QED) is 0.376. The zero-order chi connectivity index (χ0) is 27.7. The summed E-state index contributed by atoms with van der Waals surface area (Å²) >= 11 is 11.4. The number of carbonyl (C=O) groups excluding carboxylic acids is 2. The van der Waals surface area contributed by atoms with Crippen molar-refractivity contribution < 1.29 is 32.6 Å². The number of nitrogens with zero attached hydrogens (tertiary/aromatic N) is 1. The van der Waals surface area contributed by atoms with Gasteiger partial charge in [0.1, 0.15) is 35.3 Å². The van der Waals surface area contributed by atoms with E-state index in [1.807, 2.05) is 4.90 Å². The number of amides is 1. The third-order valence-corrected chi connectivity index (χ3v) is 7.21. The summed E-state index contributed by atoms with van der Waals surface area (Å²) in [5.74, 6) is -1.33. The minimum atomic E-state index is -0.624. The van der Waals surface area contributed by atoms with E-state index < -0.39 is 17.2 Å². The van der Waals surface area contributed by atoms with Crippen molar-refractivity contribution in [2.45, 2.75) is 56.7 Å². The number of hydrogen-bond acceptors (Lipinski definition) is 6. The first-order valence-corrected chi connectivity index (χ1v) is 13.0. The normalized spacial score (nSPS) is 21.8. The topological polar surface area (TPSA) is 77.1 Å². The molecule has 7 nitrogen and oxygen atoms in total. The highest BCUT2D eigenvalue weighted by Crippen LogP contribution is 2.63. The first-order chi connectivity index (χ1) is 17.8. The maximum Gasteiger partial charge on any atom is 0.320 e. The van der Waals surface area contributed by atoms with Gasteiger partial charge in [0.2, 0.25) is 0 Å². The van der Waals surface area contributed by atoms with Gasteiger partial charge < -0.3 is 19.5 Å². The molecule has 0 spiro atoms. The first-order valence-electron chi connectivity index (χ1n) is 12.2. The molecule has 0 unspecified atom stereocenters. The number of carbonyl (C=O) groups is 2. The highest BCUT2D eigenvalue weighted by atomic mass is 35.5. The summed E-state index contributed by atoms with van der Waals surface area (Å²) in [5, 5.41) is 2.99. The maximum absolute atomic E-state index is 13.7. The van der Waals surface area contributed by atoms with Crippen LogP contribution in [0.2, 0.25) is 10.0 Å². The fourth-order valence-corrected chi connectivity index (χ4v) is 5.34. The molecule has 38 heavy (non-hydrogen) atoms. The van der Waals surface area contributed by atoms with Gasteiger partial charge in [-0.15, -0.1) is 0 Å². The van der Waals surface area contributed by atoms with Crippen molar-refractivity contribution in [1.29, 1.82) is 0 Å². The van der Waals surface area contributed by atoms with E-state index in [9.17, 15) is 18.4 Å². The van der Waals surface area contributed by atoms with Gasteiger partial charge in [-0.05, 0) is 64.3 Å². The molecule has 206 valence electrons. The highest BCUT2D eigenvalue weighted by molar-refractivity contribution is 6.31. The van der Waals surface area contributed by atoms with E-state index in [1.165, 1.54) is 24.3 Å². The largest absolute Gasteiger partial charge is 0.492 e. The molecule has 0 radical (unpaired) electrons. The monoisotopic (exact) mass is 570 g/mol. The molecular weight excluding hydrogens is 541 g/mol. The first kappa shape index (κ1) is 28.4. The van der Waals surface area contributed by atoms with Crippen LogP contribution in [-0.2, 0) is 14.3 Å². The average molecular weight is 571 g/mol. The van der Waals surface area contributed by atoms with Crippen molar-refractivity contribution in [3.8, 4) is 11.5 Å². The van der Waals surface area contributed by atoms with E-state index >= 15 is 0 Å². The molecule has 1 N–H and O–H groups in total. The summed E-state index contributed by atoms with van der Waals surface area (Å²) in [6.07, 6.45) is 1.96. The number of esters is 1. The Hall–Kier alpha value is -2.62. The van der Waals surface area contributed by atoms with Crippen molar-refractivity contribution in [2.75, 3.05) is 26.3 Å². The van der Waals surface area contributed by atoms with Crippen LogP contribution in [-0.4, -0.2) is 59.8 Å². The Kier molecular flexibility index (Phi) is 8.12. The molecule has 2 aromatic carbocycles. The molecule has 2 bridgehead atoms. The van der Waals surface area contributed by atoms with Crippen LogP contribution in [0.4, 0.5) is 8.78 Å². The summed E-state index contributed by atoms with van der Waals surface area (Å²) in [4.78, 5) is 27.1. The van der Waals surface area contributed by atoms with Gasteiger partial charge in [-0.3, -0.25) is 14.5 Å².